The maximum Gasteiger partial charge on any atom is 0.231 e. The van der Waals surface area contributed by atoms with Crippen LogP contribution in [0.5, 0.6) is 11.5 Å². The zero-order valence-corrected chi connectivity index (χ0v) is 19.3. The maximum absolute atomic E-state index is 12.6. The van der Waals surface area contributed by atoms with Crippen molar-refractivity contribution in [1.29, 1.82) is 0 Å². The molecule has 0 aliphatic carbocycles. The number of carbonyl (C=O) groups excluding carboxylic acids is 1. The normalized spacial score (nSPS) is 14.9. The third kappa shape index (κ3) is 4.21. The summed E-state index contributed by atoms with van der Waals surface area (Å²) >= 11 is 1.72. The number of aromatic nitrogens is 1. The van der Waals surface area contributed by atoms with Crippen LogP contribution in [-0.4, -0.2) is 41.9 Å². The van der Waals surface area contributed by atoms with E-state index >= 15 is 0 Å². The molecule has 1 amide bonds. The van der Waals surface area contributed by atoms with E-state index in [0.717, 1.165) is 52.4 Å². The van der Waals surface area contributed by atoms with Gasteiger partial charge in [-0.3, -0.25) is 4.79 Å². The van der Waals surface area contributed by atoms with Crippen molar-refractivity contribution in [2.24, 2.45) is 0 Å². The van der Waals surface area contributed by atoms with Gasteiger partial charge in [0.15, 0.2) is 11.5 Å². The highest BCUT2D eigenvalue weighted by atomic mass is 32.2. The number of amides is 1. The molecule has 0 saturated carbocycles. The molecule has 0 radical (unpaired) electrons. The molecule has 0 unspecified atom stereocenters. The SMILES string of the molecule is CSc1ccc2cc(CN(Cc3ccc4c(c3)OCO4)C(C)=O)c(N3CCCC3)nc2c1. The molecule has 1 fully saturated rings. The fraction of sp³-hybridized carbons (Fsp3) is 0.360. The average molecular weight is 450 g/mol. The second-order valence-electron chi connectivity index (χ2n) is 8.29. The molecule has 1 aromatic heterocycles. The zero-order chi connectivity index (χ0) is 22.1. The molecular weight excluding hydrogens is 422 g/mol. The van der Waals surface area contributed by atoms with Crippen molar-refractivity contribution in [2.75, 3.05) is 31.0 Å². The number of rotatable bonds is 6. The molecule has 3 heterocycles. The molecule has 0 spiro atoms. The van der Waals surface area contributed by atoms with Gasteiger partial charge in [0.1, 0.15) is 5.82 Å². The first-order valence-corrected chi connectivity index (χ1v) is 12.2. The summed E-state index contributed by atoms with van der Waals surface area (Å²) < 4.78 is 10.9. The molecule has 7 heteroatoms. The molecule has 2 aromatic carbocycles. The predicted molar refractivity (Wildman–Crippen MR) is 127 cm³/mol. The van der Waals surface area contributed by atoms with E-state index in [1.807, 2.05) is 23.1 Å². The van der Waals surface area contributed by atoms with E-state index in [4.69, 9.17) is 14.5 Å². The summed E-state index contributed by atoms with van der Waals surface area (Å²) in [7, 11) is 0. The molecule has 0 atom stereocenters. The van der Waals surface area contributed by atoms with Gasteiger partial charge in [0.25, 0.3) is 0 Å². The Morgan fingerprint density at radius 1 is 1.06 bits per heavy atom. The van der Waals surface area contributed by atoms with E-state index in [1.54, 1.807) is 18.7 Å². The van der Waals surface area contributed by atoms with Crippen molar-refractivity contribution in [3.05, 3.63) is 53.6 Å². The fourth-order valence-electron chi connectivity index (χ4n) is 4.37. The van der Waals surface area contributed by atoms with E-state index < -0.39 is 0 Å². The Morgan fingerprint density at radius 3 is 2.66 bits per heavy atom. The molecule has 0 N–H and O–H groups in total. The minimum absolute atomic E-state index is 0.0351. The van der Waals surface area contributed by atoms with E-state index in [-0.39, 0.29) is 12.7 Å². The van der Waals surface area contributed by atoms with Crippen molar-refractivity contribution in [3.8, 4) is 11.5 Å². The van der Waals surface area contributed by atoms with Gasteiger partial charge < -0.3 is 19.3 Å². The first kappa shape index (κ1) is 20.9. The van der Waals surface area contributed by atoms with Crippen LogP contribution in [0.25, 0.3) is 10.9 Å². The molecule has 166 valence electrons. The van der Waals surface area contributed by atoms with E-state index in [9.17, 15) is 4.79 Å². The lowest BCUT2D eigenvalue weighted by molar-refractivity contribution is -0.130. The number of pyridine rings is 1. The molecule has 2 aliphatic heterocycles. The van der Waals surface area contributed by atoms with Crippen LogP contribution in [0.4, 0.5) is 5.82 Å². The summed E-state index contributed by atoms with van der Waals surface area (Å²) in [5.41, 5.74) is 3.12. The smallest absolute Gasteiger partial charge is 0.231 e. The first-order chi connectivity index (χ1) is 15.6. The maximum atomic E-state index is 12.6. The number of hydrogen-bond acceptors (Lipinski definition) is 6. The number of anilines is 1. The Labute approximate surface area is 192 Å². The van der Waals surface area contributed by atoms with Crippen LogP contribution in [0.2, 0.25) is 0 Å². The van der Waals surface area contributed by atoms with Crippen molar-refractivity contribution >= 4 is 34.4 Å². The minimum Gasteiger partial charge on any atom is -0.454 e. The number of nitrogens with zero attached hydrogens (tertiary/aromatic N) is 3. The largest absolute Gasteiger partial charge is 0.454 e. The molecular formula is C25H27N3O3S. The summed E-state index contributed by atoms with van der Waals surface area (Å²) in [5.74, 6) is 2.53. The van der Waals surface area contributed by atoms with E-state index in [0.29, 0.717) is 13.1 Å². The Balaban J connectivity index is 1.48. The monoisotopic (exact) mass is 449 g/mol. The van der Waals surface area contributed by atoms with Gasteiger partial charge in [-0.2, -0.15) is 0 Å². The highest BCUT2D eigenvalue weighted by Crippen LogP contribution is 2.34. The number of fused-ring (bicyclic) bond motifs is 2. The lowest BCUT2D eigenvalue weighted by Crippen LogP contribution is -2.29. The summed E-state index contributed by atoms with van der Waals surface area (Å²) in [4.78, 5) is 23.1. The standard InChI is InChI=1S/C25H27N3O3S/c1-17(29)28(14-18-5-8-23-24(11-18)31-16-30-23)15-20-12-19-6-7-21(32-2)13-22(19)26-25(20)27-9-3-4-10-27/h5-8,11-13H,3-4,9-10,14-16H2,1-2H3. The number of benzene rings is 2. The lowest BCUT2D eigenvalue weighted by atomic mass is 10.1. The van der Waals surface area contributed by atoms with Crippen LogP contribution in [-0.2, 0) is 17.9 Å². The number of thioether (sulfide) groups is 1. The number of hydrogen-bond donors (Lipinski definition) is 0. The van der Waals surface area contributed by atoms with Gasteiger partial charge in [-0.25, -0.2) is 4.98 Å². The van der Waals surface area contributed by atoms with Crippen molar-refractivity contribution in [1.82, 2.24) is 9.88 Å². The zero-order valence-electron chi connectivity index (χ0n) is 18.5. The average Bonchev–Trinajstić information content (AvgIpc) is 3.49. The topological polar surface area (TPSA) is 54.9 Å². The van der Waals surface area contributed by atoms with Crippen molar-refractivity contribution in [2.45, 2.75) is 37.8 Å². The van der Waals surface area contributed by atoms with Crippen molar-refractivity contribution in [3.63, 3.8) is 0 Å². The Hall–Kier alpha value is -2.93. The van der Waals surface area contributed by atoms with E-state index in [2.05, 4.69) is 35.4 Å². The van der Waals surface area contributed by atoms with Crippen LogP contribution in [0.15, 0.2) is 47.4 Å². The summed E-state index contributed by atoms with van der Waals surface area (Å²) in [6.07, 6.45) is 4.44. The molecule has 1 saturated heterocycles. The molecule has 5 rings (SSSR count). The van der Waals surface area contributed by atoms with Gasteiger partial charge in [0.05, 0.1) is 5.52 Å². The summed E-state index contributed by atoms with van der Waals surface area (Å²) in [5, 5.41) is 1.10. The predicted octanol–water partition coefficient (Wildman–Crippen LogP) is 4.83. The van der Waals surface area contributed by atoms with Crippen LogP contribution in [0, 0.1) is 0 Å². The van der Waals surface area contributed by atoms with Gasteiger partial charge in [-0.05, 0) is 55.0 Å². The Bertz CT molecular complexity index is 1160. The molecule has 32 heavy (non-hydrogen) atoms. The second-order valence-corrected chi connectivity index (χ2v) is 9.17. The van der Waals surface area contributed by atoms with Crippen LogP contribution in [0.1, 0.15) is 30.9 Å². The van der Waals surface area contributed by atoms with Gasteiger partial charge in [0, 0.05) is 48.9 Å². The van der Waals surface area contributed by atoms with Crippen LogP contribution < -0.4 is 14.4 Å². The van der Waals surface area contributed by atoms with Gasteiger partial charge in [0.2, 0.25) is 12.7 Å². The molecule has 0 bridgehead atoms. The highest BCUT2D eigenvalue weighted by Gasteiger charge is 2.22. The molecule has 3 aromatic rings. The third-order valence-corrected chi connectivity index (χ3v) is 6.83. The molecule has 6 nitrogen and oxygen atoms in total. The Kier molecular flexibility index (Phi) is 5.83. The quantitative estimate of drug-likeness (QED) is 0.502. The third-order valence-electron chi connectivity index (χ3n) is 6.10. The lowest BCUT2D eigenvalue weighted by Gasteiger charge is -2.26. The van der Waals surface area contributed by atoms with Gasteiger partial charge in [-0.1, -0.05) is 12.1 Å². The van der Waals surface area contributed by atoms with E-state index in [1.165, 1.54) is 17.7 Å². The molecule has 2 aliphatic rings. The van der Waals surface area contributed by atoms with Gasteiger partial charge >= 0.3 is 0 Å². The van der Waals surface area contributed by atoms with Crippen molar-refractivity contribution < 1.29 is 14.3 Å². The number of ether oxygens (including phenoxy) is 2. The second kappa shape index (κ2) is 8.90. The minimum atomic E-state index is 0.0351. The first-order valence-electron chi connectivity index (χ1n) is 11.0. The van der Waals surface area contributed by atoms with Crippen LogP contribution in [0.3, 0.4) is 0 Å². The highest BCUT2D eigenvalue weighted by molar-refractivity contribution is 7.98. The summed E-state index contributed by atoms with van der Waals surface area (Å²) in [6.45, 7) is 4.92. The van der Waals surface area contributed by atoms with Crippen LogP contribution >= 0.6 is 11.8 Å². The number of carbonyl (C=O) groups is 1. The fourth-order valence-corrected chi connectivity index (χ4v) is 4.80. The van der Waals surface area contributed by atoms with Gasteiger partial charge in [-0.15, -0.1) is 11.8 Å². The Morgan fingerprint density at radius 2 is 1.88 bits per heavy atom. The summed E-state index contributed by atoms with van der Waals surface area (Å²) in [6, 6.07) is 14.5.